The van der Waals surface area contributed by atoms with Crippen LogP contribution in [0.2, 0.25) is 0 Å². The molecule has 0 spiro atoms. The summed E-state index contributed by atoms with van der Waals surface area (Å²) in [7, 11) is 1.53. The molecule has 1 aromatic carbocycles. The van der Waals surface area contributed by atoms with Crippen molar-refractivity contribution >= 4 is 17.3 Å². The molecule has 4 heteroatoms. The molecule has 0 saturated carbocycles. The summed E-state index contributed by atoms with van der Waals surface area (Å²) in [5, 5.41) is 0. The third-order valence-corrected chi connectivity index (χ3v) is 2.93. The Morgan fingerprint density at radius 2 is 2.31 bits per heavy atom. The van der Waals surface area contributed by atoms with Gasteiger partial charge in [-0.25, -0.2) is 0 Å². The smallest absolute Gasteiger partial charge is 0.252 e. The standard InChI is InChI=1S/C12H16N2O2/c1-8-5-9-3-4-14(12(15)7-16-2)11(9)6-10(8)13/h5-6H,3-4,7,13H2,1-2H3. The second kappa shape index (κ2) is 4.14. The summed E-state index contributed by atoms with van der Waals surface area (Å²) in [4.78, 5) is 13.5. The highest BCUT2D eigenvalue weighted by atomic mass is 16.5. The van der Waals surface area contributed by atoms with E-state index in [9.17, 15) is 4.79 Å². The lowest BCUT2D eigenvalue weighted by Gasteiger charge is -2.17. The molecule has 4 nitrogen and oxygen atoms in total. The molecule has 0 aromatic heterocycles. The molecule has 1 amide bonds. The summed E-state index contributed by atoms with van der Waals surface area (Å²) in [6.45, 7) is 2.82. The lowest BCUT2D eigenvalue weighted by molar-refractivity contribution is -0.122. The number of amides is 1. The van der Waals surface area contributed by atoms with E-state index in [1.165, 1.54) is 12.7 Å². The van der Waals surface area contributed by atoms with Gasteiger partial charge in [-0.05, 0) is 30.5 Å². The lowest BCUT2D eigenvalue weighted by atomic mass is 10.1. The molecule has 86 valence electrons. The van der Waals surface area contributed by atoms with Gasteiger partial charge in [-0.1, -0.05) is 6.07 Å². The predicted octanol–water partition coefficient (Wildman–Crippen LogP) is 1.11. The number of anilines is 2. The largest absolute Gasteiger partial charge is 0.398 e. The van der Waals surface area contributed by atoms with Crippen molar-refractivity contribution in [3.8, 4) is 0 Å². The summed E-state index contributed by atoms with van der Waals surface area (Å²) in [5.41, 5.74) is 9.79. The molecule has 0 unspecified atom stereocenters. The maximum Gasteiger partial charge on any atom is 0.252 e. The van der Waals surface area contributed by atoms with Crippen molar-refractivity contribution in [1.29, 1.82) is 0 Å². The van der Waals surface area contributed by atoms with Crippen LogP contribution in [0.25, 0.3) is 0 Å². The van der Waals surface area contributed by atoms with E-state index >= 15 is 0 Å². The van der Waals surface area contributed by atoms with E-state index in [1.54, 1.807) is 4.90 Å². The van der Waals surface area contributed by atoms with E-state index in [0.717, 1.165) is 29.9 Å². The zero-order valence-corrected chi connectivity index (χ0v) is 9.62. The van der Waals surface area contributed by atoms with Crippen LogP contribution in [0.5, 0.6) is 0 Å². The van der Waals surface area contributed by atoms with E-state index in [4.69, 9.17) is 10.5 Å². The third kappa shape index (κ3) is 1.76. The fourth-order valence-electron chi connectivity index (χ4n) is 2.04. The molecule has 0 aliphatic carbocycles. The molecular formula is C12H16N2O2. The van der Waals surface area contributed by atoms with Crippen LogP contribution in [0.4, 0.5) is 11.4 Å². The van der Waals surface area contributed by atoms with Gasteiger partial charge in [0.25, 0.3) is 5.91 Å². The highest BCUT2D eigenvalue weighted by Crippen LogP contribution is 2.31. The minimum absolute atomic E-state index is 0.00972. The normalized spacial score (nSPS) is 14.0. The Bertz CT molecular complexity index is 429. The summed E-state index contributed by atoms with van der Waals surface area (Å²) >= 11 is 0. The minimum Gasteiger partial charge on any atom is -0.398 e. The number of nitrogens with zero attached hydrogens (tertiary/aromatic N) is 1. The minimum atomic E-state index is -0.00972. The number of nitrogens with two attached hydrogens (primary N) is 1. The van der Waals surface area contributed by atoms with E-state index < -0.39 is 0 Å². The summed E-state index contributed by atoms with van der Waals surface area (Å²) in [5.74, 6) is -0.00972. The number of methoxy groups -OCH3 is 1. The monoisotopic (exact) mass is 220 g/mol. The zero-order valence-electron chi connectivity index (χ0n) is 9.62. The Hall–Kier alpha value is -1.55. The number of ether oxygens (including phenoxy) is 1. The van der Waals surface area contributed by atoms with Gasteiger partial charge in [-0.3, -0.25) is 4.79 Å². The van der Waals surface area contributed by atoms with Crippen LogP contribution in [0.1, 0.15) is 11.1 Å². The molecule has 2 N–H and O–H groups in total. The molecule has 1 aromatic rings. The molecule has 0 bridgehead atoms. The fourth-order valence-corrected chi connectivity index (χ4v) is 2.04. The number of fused-ring (bicyclic) bond motifs is 1. The summed E-state index contributed by atoms with van der Waals surface area (Å²) < 4.78 is 4.86. The Kier molecular flexibility index (Phi) is 2.83. The van der Waals surface area contributed by atoms with Gasteiger partial charge in [-0.15, -0.1) is 0 Å². The van der Waals surface area contributed by atoms with Crippen LogP contribution in [0.3, 0.4) is 0 Å². The Balaban J connectivity index is 2.32. The lowest BCUT2D eigenvalue weighted by Crippen LogP contribution is -2.32. The number of aryl methyl sites for hydroxylation is 1. The van der Waals surface area contributed by atoms with Crippen LogP contribution in [-0.4, -0.2) is 26.2 Å². The molecule has 0 atom stereocenters. The van der Waals surface area contributed by atoms with Crippen molar-refractivity contribution < 1.29 is 9.53 Å². The first-order valence-electron chi connectivity index (χ1n) is 5.31. The third-order valence-electron chi connectivity index (χ3n) is 2.93. The van der Waals surface area contributed by atoms with Crippen molar-refractivity contribution in [2.45, 2.75) is 13.3 Å². The van der Waals surface area contributed by atoms with Gasteiger partial charge in [0.1, 0.15) is 6.61 Å². The zero-order chi connectivity index (χ0) is 11.7. The second-order valence-corrected chi connectivity index (χ2v) is 4.07. The maximum absolute atomic E-state index is 11.8. The number of hydrogen-bond donors (Lipinski definition) is 1. The van der Waals surface area contributed by atoms with Gasteiger partial charge < -0.3 is 15.4 Å². The molecule has 0 saturated heterocycles. The number of nitrogen functional groups attached to an aromatic ring is 1. The molecular weight excluding hydrogens is 204 g/mol. The van der Waals surface area contributed by atoms with Crippen molar-refractivity contribution in [3.05, 3.63) is 23.3 Å². The van der Waals surface area contributed by atoms with E-state index in [2.05, 4.69) is 6.07 Å². The van der Waals surface area contributed by atoms with Gasteiger partial charge >= 0.3 is 0 Å². The van der Waals surface area contributed by atoms with Crippen LogP contribution in [0.15, 0.2) is 12.1 Å². The average molecular weight is 220 g/mol. The molecule has 1 aliphatic heterocycles. The highest BCUT2D eigenvalue weighted by molar-refractivity contribution is 5.97. The Labute approximate surface area is 95.0 Å². The van der Waals surface area contributed by atoms with Crippen molar-refractivity contribution in [2.24, 2.45) is 0 Å². The van der Waals surface area contributed by atoms with E-state index in [1.807, 2.05) is 13.0 Å². The summed E-state index contributed by atoms with van der Waals surface area (Å²) in [6.07, 6.45) is 0.895. The molecule has 16 heavy (non-hydrogen) atoms. The quantitative estimate of drug-likeness (QED) is 0.760. The SMILES string of the molecule is COCC(=O)N1CCc2cc(C)c(N)cc21. The van der Waals surface area contributed by atoms with Crippen LogP contribution in [0, 0.1) is 6.92 Å². The van der Waals surface area contributed by atoms with Crippen molar-refractivity contribution in [3.63, 3.8) is 0 Å². The van der Waals surface area contributed by atoms with Crippen molar-refractivity contribution in [2.75, 3.05) is 30.9 Å². The maximum atomic E-state index is 11.8. The number of benzene rings is 1. The average Bonchev–Trinajstić information content (AvgIpc) is 2.62. The molecule has 1 heterocycles. The Morgan fingerprint density at radius 1 is 1.56 bits per heavy atom. The van der Waals surface area contributed by atoms with Gasteiger partial charge in [0.15, 0.2) is 0 Å². The van der Waals surface area contributed by atoms with Gasteiger partial charge in [0.05, 0.1) is 0 Å². The summed E-state index contributed by atoms with van der Waals surface area (Å²) in [6, 6.07) is 3.94. The first-order chi connectivity index (χ1) is 7.63. The second-order valence-electron chi connectivity index (χ2n) is 4.07. The number of rotatable bonds is 2. The van der Waals surface area contributed by atoms with Crippen LogP contribution < -0.4 is 10.6 Å². The molecule has 1 aliphatic rings. The van der Waals surface area contributed by atoms with E-state index in [-0.39, 0.29) is 12.5 Å². The van der Waals surface area contributed by atoms with E-state index in [0.29, 0.717) is 0 Å². The van der Waals surface area contributed by atoms with Gasteiger partial charge in [0, 0.05) is 25.0 Å². The number of carbonyl (C=O) groups excluding carboxylic acids is 1. The van der Waals surface area contributed by atoms with Crippen molar-refractivity contribution in [1.82, 2.24) is 0 Å². The van der Waals surface area contributed by atoms with Gasteiger partial charge in [0.2, 0.25) is 0 Å². The fraction of sp³-hybridized carbons (Fsp3) is 0.417. The number of hydrogen-bond acceptors (Lipinski definition) is 3. The number of carbonyl (C=O) groups is 1. The Morgan fingerprint density at radius 3 is 3.00 bits per heavy atom. The topological polar surface area (TPSA) is 55.6 Å². The first-order valence-corrected chi connectivity index (χ1v) is 5.31. The van der Waals surface area contributed by atoms with Crippen LogP contribution >= 0.6 is 0 Å². The highest BCUT2D eigenvalue weighted by Gasteiger charge is 2.24. The first kappa shape index (κ1) is 11.0. The van der Waals surface area contributed by atoms with Crippen LogP contribution in [-0.2, 0) is 16.0 Å². The molecule has 2 rings (SSSR count). The molecule has 0 fully saturated rings. The van der Waals surface area contributed by atoms with Gasteiger partial charge in [-0.2, -0.15) is 0 Å². The molecule has 0 radical (unpaired) electrons. The predicted molar refractivity (Wildman–Crippen MR) is 63.5 cm³/mol.